The van der Waals surface area contributed by atoms with Crippen LogP contribution in [0.3, 0.4) is 0 Å². The Morgan fingerprint density at radius 2 is 2.24 bits per heavy atom. The molecule has 1 aromatic heterocycles. The van der Waals surface area contributed by atoms with Gasteiger partial charge in [0.15, 0.2) is 5.16 Å². The molecule has 2 rings (SSSR count). The molecular formula is C17H14Cl2N4OS. The van der Waals surface area contributed by atoms with E-state index >= 15 is 0 Å². The van der Waals surface area contributed by atoms with Crippen molar-refractivity contribution in [2.75, 3.05) is 0 Å². The summed E-state index contributed by atoms with van der Waals surface area (Å²) in [5, 5.41) is 12.3. The molecule has 0 saturated heterocycles. The molecule has 5 nitrogen and oxygen atoms in total. The number of hydrogen-bond acceptors (Lipinski definition) is 4. The number of rotatable bonds is 6. The summed E-state index contributed by atoms with van der Waals surface area (Å²) >= 11 is 13.1. The molecule has 0 fully saturated rings. The zero-order valence-electron chi connectivity index (χ0n) is 13.3. The van der Waals surface area contributed by atoms with Crippen LogP contribution in [0.1, 0.15) is 6.92 Å². The Bertz CT molecular complexity index is 926. The Morgan fingerprint density at radius 3 is 2.92 bits per heavy atom. The predicted octanol–water partition coefficient (Wildman–Crippen LogP) is 4.53. The minimum Gasteiger partial charge on any atom is -0.333 e. The minimum absolute atomic E-state index is 0.0976. The molecule has 1 heterocycles. The number of aromatic amines is 1. The summed E-state index contributed by atoms with van der Waals surface area (Å²) in [6, 6.07) is 7.15. The molecule has 0 aliphatic carbocycles. The van der Waals surface area contributed by atoms with Crippen LogP contribution < -0.4 is 5.32 Å². The first kappa shape index (κ1) is 19.1. The second kappa shape index (κ2) is 8.26. The van der Waals surface area contributed by atoms with Gasteiger partial charge in [0, 0.05) is 10.7 Å². The molecule has 0 aliphatic heterocycles. The van der Waals surface area contributed by atoms with E-state index in [-0.39, 0.29) is 22.2 Å². The van der Waals surface area contributed by atoms with Crippen molar-refractivity contribution < 1.29 is 4.79 Å². The Kier molecular flexibility index (Phi) is 6.32. The second-order valence-electron chi connectivity index (χ2n) is 5.06. The zero-order chi connectivity index (χ0) is 18.6. The van der Waals surface area contributed by atoms with E-state index in [1.165, 1.54) is 17.8 Å². The van der Waals surface area contributed by atoms with Crippen LogP contribution >= 0.6 is 35.0 Å². The summed E-state index contributed by atoms with van der Waals surface area (Å²) in [6.07, 6.45) is 1.38. The summed E-state index contributed by atoms with van der Waals surface area (Å²) < 4.78 is 0. The van der Waals surface area contributed by atoms with E-state index in [2.05, 4.69) is 28.4 Å². The molecule has 1 unspecified atom stereocenters. The third-order valence-electron chi connectivity index (χ3n) is 3.09. The number of thioether (sulfide) groups is 1. The van der Waals surface area contributed by atoms with Crippen molar-refractivity contribution in [2.45, 2.75) is 17.3 Å². The number of carbonyl (C=O) groups excluding carboxylic acids is 1. The number of allylic oxidation sites excluding steroid dienone is 3. The number of halogens is 2. The highest BCUT2D eigenvalue weighted by Gasteiger charge is 2.17. The molecule has 0 spiro atoms. The standard InChI is InChI=1S/C17H14Cl2N4OS/c1-9(8-20)13(19)6-10(2)21-16(24)11(3)25-17-22-14-5-4-12(18)7-15(14)23-17/h4-7,11H,1-2H2,3H3,(H,21,24)(H,22,23)/b13-6+. The maximum Gasteiger partial charge on any atom is 0.237 e. The average Bonchev–Trinajstić information content (AvgIpc) is 2.94. The lowest BCUT2D eigenvalue weighted by atomic mass is 10.2. The molecule has 0 radical (unpaired) electrons. The SMILES string of the molecule is C=C(/C=C(/Cl)C(=C)C#N)NC(=O)C(C)Sc1nc2ccc(Cl)cc2[nH]1. The van der Waals surface area contributed by atoms with Crippen LogP contribution in [-0.2, 0) is 4.79 Å². The number of nitrogens with zero attached hydrogens (tertiary/aromatic N) is 2. The van der Waals surface area contributed by atoms with E-state index in [1.54, 1.807) is 25.1 Å². The third-order valence-corrected chi connectivity index (χ3v) is 4.64. The summed E-state index contributed by atoms with van der Waals surface area (Å²) in [5.41, 5.74) is 1.95. The fourth-order valence-corrected chi connectivity index (χ4v) is 2.99. The fourth-order valence-electron chi connectivity index (χ4n) is 1.82. The minimum atomic E-state index is -0.431. The summed E-state index contributed by atoms with van der Waals surface area (Å²) in [6.45, 7) is 8.92. The highest BCUT2D eigenvalue weighted by molar-refractivity contribution is 8.00. The van der Waals surface area contributed by atoms with Gasteiger partial charge in [0.05, 0.1) is 26.9 Å². The highest BCUT2D eigenvalue weighted by Crippen LogP contribution is 2.25. The van der Waals surface area contributed by atoms with Crippen molar-refractivity contribution in [3.05, 3.63) is 58.8 Å². The van der Waals surface area contributed by atoms with Gasteiger partial charge in [-0.15, -0.1) is 0 Å². The Hall–Kier alpha value is -2.20. The molecule has 25 heavy (non-hydrogen) atoms. The van der Waals surface area contributed by atoms with Gasteiger partial charge in [-0.25, -0.2) is 4.98 Å². The second-order valence-corrected chi connectivity index (χ2v) is 7.23. The number of nitrogens with one attached hydrogen (secondary N) is 2. The molecule has 0 bridgehead atoms. The van der Waals surface area contributed by atoms with Crippen LogP contribution in [0.5, 0.6) is 0 Å². The molecule has 2 aromatic rings. The van der Waals surface area contributed by atoms with Gasteiger partial charge in [0.2, 0.25) is 5.91 Å². The van der Waals surface area contributed by atoms with Crippen LogP contribution in [0.25, 0.3) is 11.0 Å². The van der Waals surface area contributed by atoms with Crippen LogP contribution in [-0.4, -0.2) is 21.1 Å². The Morgan fingerprint density at radius 1 is 1.52 bits per heavy atom. The number of imidazole rings is 1. The molecule has 2 N–H and O–H groups in total. The Labute approximate surface area is 159 Å². The van der Waals surface area contributed by atoms with Crippen LogP contribution in [0.4, 0.5) is 0 Å². The number of amides is 1. The molecule has 0 saturated carbocycles. The van der Waals surface area contributed by atoms with Crippen molar-refractivity contribution in [2.24, 2.45) is 0 Å². The van der Waals surface area contributed by atoms with Crippen LogP contribution in [0, 0.1) is 11.3 Å². The van der Waals surface area contributed by atoms with Gasteiger partial charge in [0.1, 0.15) is 6.07 Å². The van der Waals surface area contributed by atoms with Crippen LogP contribution in [0.15, 0.2) is 58.9 Å². The first-order valence-electron chi connectivity index (χ1n) is 7.08. The predicted molar refractivity (Wildman–Crippen MR) is 102 cm³/mol. The van der Waals surface area contributed by atoms with Crippen molar-refractivity contribution in [1.82, 2.24) is 15.3 Å². The lowest BCUT2D eigenvalue weighted by molar-refractivity contribution is -0.119. The molecule has 0 aliphatic rings. The average molecular weight is 393 g/mol. The van der Waals surface area contributed by atoms with Crippen LogP contribution in [0.2, 0.25) is 5.02 Å². The van der Waals surface area contributed by atoms with Gasteiger partial charge in [-0.1, -0.05) is 48.1 Å². The quantitative estimate of drug-likeness (QED) is 0.429. The van der Waals surface area contributed by atoms with E-state index in [9.17, 15) is 4.79 Å². The topological polar surface area (TPSA) is 81.6 Å². The number of fused-ring (bicyclic) bond motifs is 1. The molecular weight excluding hydrogens is 379 g/mol. The summed E-state index contributed by atoms with van der Waals surface area (Å²) in [5.74, 6) is -0.267. The zero-order valence-corrected chi connectivity index (χ0v) is 15.6. The number of nitriles is 1. The monoisotopic (exact) mass is 392 g/mol. The first-order valence-corrected chi connectivity index (χ1v) is 8.72. The van der Waals surface area contributed by atoms with Crippen molar-refractivity contribution in [1.29, 1.82) is 5.26 Å². The van der Waals surface area contributed by atoms with E-state index in [4.69, 9.17) is 28.5 Å². The normalized spacial score (nSPS) is 12.5. The van der Waals surface area contributed by atoms with E-state index in [0.29, 0.717) is 10.2 Å². The first-order chi connectivity index (χ1) is 11.8. The van der Waals surface area contributed by atoms with Gasteiger partial charge >= 0.3 is 0 Å². The fraction of sp³-hybridized carbons (Fsp3) is 0.118. The number of hydrogen-bond donors (Lipinski definition) is 2. The molecule has 1 aromatic carbocycles. The number of benzene rings is 1. The van der Waals surface area contributed by atoms with E-state index in [0.717, 1.165) is 11.0 Å². The number of carbonyl (C=O) groups is 1. The van der Waals surface area contributed by atoms with Gasteiger partial charge in [-0.05, 0) is 31.2 Å². The highest BCUT2D eigenvalue weighted by atomic mass is 35.5. The third kappa shape index (κ3) is 5.13. The Balaban J connectivity index is 2.00. The van der Waals surface area contributed by atoms with Crippen molar-refractivity contribution >= 4 is 51.9 Å². The number of aromatic nitrogens is 2. The smallest absolute Gasteiger partial charge is 0.237 e. The van der Waals surface area contributed by atoms with E-state index in [1.807, 2.05) is 6.07 Å². The molecule has 1 amide bonds. The van der Waals surface area contributed by atoms with Gasteiger partial charge in [-0.3, -0.25) is 4.79 Å². The maximum absolute atomic E-state index is 12.2. The van der Waals surface area contributed by atoms with Gasteiger partial charge in [-0.2, -0.15) is 5.26 Å². The van der Waals surface area contributed by atoms with Gasteiger partial charge < -0.3 is 10.3 Å². The summed E-state index contributed by atoms with van der Waals surface area (Å²) in [4.78, 5) is 19.8. The largest absolute Gasteiger partial charge is 0.333 e. The lowest BCUT2D eigenvalue weighted by Crippen LogP contribution is -2.29. The van der Waals surface area contributed by atoms with Crippen molar-refractivity contribution in [3.63, 3.8) is 0 Å². The summed E-state index contributed by atoms with van der Waals surface area (Å²) in [7, 11) is 0. The lowest BCUT2D eigenvalue weighted by Gasteiger charge is -2.10. The molecule has 1 atom stereocenters. The van der Waals surface area contributed by atoms with E-state index < -0.39 is 5.25 Å². The number of H-pyrrole nitrogens is 1. The molecule has 128 valence electrons. The molecule has 8 heteroatoms. The van der Waals surface area contributed by atoms with Crippen molar-refractivity contribution in [3.8, 4) is 6.07 Å². The maximum atomic E-state index is 12.2. The van der Waals surface area contributed by atoms with Gasteiger partial charge in [0.25, 0.3) is 0 Å².